The van der Waals surface area contributed by atoms with Gasteiger partial charge in [-0.25, -0.2) is 0 Å². The lowest BCUT2D eigenvalue weighted by atomic mass is 10.1. The van der Waals surface area contributed by atoms with Gasteiger partial charge in [-0.2, -0.15) is 0 Å². The normalized spacial score (nSPS) is 14.9. The number of carbonyl (C=O) groups is 1. The Morgan fingerprint density at radius 2 is 2.07 bits per heavy atom. The maximum Gasteiger partial charge on any atom is 0.236 e. The predicted molar refractivity (Wildman–Crippen MR) is 59.0 cm³/mol. The summed E-state index contributed by atoms with van der Waals surface area (Å²) in [6.45, 7) is 7.66. The summed E-state index contributed by atoms with van der Waals surface area (Å²) in [5, 5.41) is 6.04. The van der Waals surface area contributed by atoms with Crippen LogP contribution in [-0.4, -0.2) is 31.1 Å². The zero-order chi connectivity index (χ0) is 11.0. The van der Waals surface area contributed by atoms with E-state index in [1.165, 1.54) is 0 Å². The van der Waals surface area contributed by atoms with Gasteiger partial charge in [-0.3, -0.25) is 4.79 Å². The Kier molecular flexibility index (Phi) is 7.42. The zero-order valence-corrected chi connectivity index (χ0v) is 9.47. The topological polar surface area (TPSA) is 67.2 Å². The van der Waals surface area contributed by atoms with Gasteiger partial charge in [-0.1, -0.05) is 20.3 Å². The Balaban J connectivity index is 3.61. The molecule has 14 heavy (non-hydrogen) atoms. The number of hydrogen-bond donors (Lipinski definition) is 3. The lowest BCUT2D eigenvalue weighted by Crippen LogP contribution is -2.45. The summed E-state index contributed by atoms with van der Waals surface area (Å²) in [7, 11) is 0. The van der Waals surface area contributed by atoms with Gasteiger partial charge in [0.05, 0.1) is 6.04 Å². The lowest BCUT2D eigenvalue weighted by Gasteiger charge is -2.15. The fraction of sp³-hybridized carbons (Fsp3) is 0.900. The monoisotopic (exact) mass is 201 g/mol. The van der Waals surface area contributed by atoms with E-state index in [2.05, 4.69) is 10.6 Å². The molecule has 1 unspecified atom stereocenters. The summed E-state index contributed by atoms with van der Waals surface area (Å²) in [6.07, 6.45) is 1.69. The van der Waals surface area contributed by atoms with Crippen LogP contribution in [0.2, 0.25) is 0 Å². The molecule has 0 aliphatic carbocycles. The van der Waals surface area contributed by atoms with E-state index in [1.54, 1.807) is 0 Å². The maximum absolute atomic E-state index is 11.4. The molecule has 4 heteroatoms. The Morgan fingerprint density at radius 3 is 2.57 bits per heavy atom. The van der Waals surface area contributed by atoms with Crippen molar-refractivity contribution in [1.29, 1.82) is 0 Å². The molecule has 0 fully saturated rings. The second-order valence-corrected chi connectivity index (χ2v) is 3.60. The average Bonchev–Trinajstić information content (AvgIpc) is 2.15. The molecule has 0 saturated heterocycles. The van der Waals surface area contributed by atoms with E-state index >= 15 is 0 Å². The largest absolute Gasteiger partial charge is 0.353 e. The minimum Gasteiger partial charge on any atom is -0.353 e. The second kappa shape index (κ2) is 7.76. The third-order valence-corrected chi connectivity index (χ3v) is 2.07. The van der Waals surface area contributed by atoms with Crippen LogP contribution >= 0.6 is 0 Å². The van der Waals surface area contributed by atoms with Crippen LogP contribution in [0.1, 0.15) is 33.6 Å². The molecule has 0 aliphatic rings. The van der Waals surface area contributed by atoms with Gasteiger partial charge in [0.2, 0.25) is 5.91 Å². The molecule has 4 N–H and O–H groups in total. The number of rotatable bonds is 7. The first-order valence-electron chi connectivity index (χ1n) is 5.38. The second-order valence-electron chi connectivity index (χ2n) is 3.60. The smallest absolute Gasteiger partial charge is 0.236 e. The molecule has 0 rings (SSSR count). The van der Waals surface area contributed by atoms with Crippen molar-refractivity contribution in [3.63, 3.8) is 0 Å². The highest BCUT2D eigenvalue weighted by atomic mass is 16.2. The molecular formula is C10H23N3O. The Labute approximate surface area is 86.6 Å². The number of amides is 1. The molecule has 0 aromatic carbocycles. The van der Waals surface area contributed by atoms with Gasteiger partial charge in [0.1, 0.15) is 0 Å². The van der Waals surface area contributed by atoms with Gasteiger partial charge in [-0.15, -0.1) is 0 Å². The fourth-order valence-electron chi connectivity index (χ4n) is 1.25. The molecule has 0 aliphatic heterocycles. The first-order chi connectivity index (χ1) is 6.61. The van der Waals surface area contributed by atoms with E-state index in [9.17, 15) is 4.79 Å². The third kappa shape index (κ3) is 5.94. The van der Waals surface area contributed by atoms with Crippen LogP contribution in [0.3, 0.4) is 0 Å². The molecular weight excluding hydrogens is 178 g/mol. The van der Waals surface area contributed by atoms with Crippen molar-refractivity contribution in [2.24, 2.45) is 5.73 Å². The molecule has 0 saturated carbocycles. The van der Waals surface area contributed by atoms with Crippen LogP contribution in [0.15, 0.2) is 0 Å². The minimum atomic E-state index is -0.353. The highest BCUT2D eigenvalue weighted by molar-refractivity contribution is 5.81. The van der Waals surface area contributed by atoms with Crippen molar-refractivity contribution >= 4 is 5.91 Å². The van der Waals surface area contributed by atoms with Crippen LogP contribution < -0.4 is 16.4 Å². The predicted octanol–water partition coefficient (Wildman–Crippen LogP) is 0.228. The lowest BCUT2D eigenvalue weighted by molar-refractivity contribution is -0.122. The van der Waals surface area contributed by atoms with Crippen molar-refractivity contribution in [3.05, 3.63) is 0 Å². The van der Waals surface area contributed by atoms with Gasteiger partial charge in [-0.05, 0) is 19.9 Å². The van der Waals surface area contributed by atoms with Crippen LogP contribution in [0.25, 0.3) is 0 Å². The highest BCUT2D eigenvalue weighted by Crippen LogP contribution is 1.92. The van der Waals surface area contributed by atoms with Crippen molar-refractivity contribution in [2.45, 2.75) is 45.7 Å². The zero-order valence-electron chi connectivity index (χ0n) is 9.47. The van der Waals surface area contributed by atoms with Crippen LogP contribution in [0, 0.1) is 0 Å². The van der Waals surface area contributed by atoms with Crippen molar-refractivity contribution < 1.29 is 4.79 Å². The van der Waals surface area contributed by atoms with Gasteiger partial charge >= 0.3 is 0 Å². The molecule has 0 radical (unpaired) electrons. The molecule has 0 spiro atoms. The molecule has 1 amide bonds. The van der Waals surface area contributed by atoms with Crippen LogP contribution in [-0.2, 0) is 4.79 Å². The van der Waals surface area contributed by atoms with Crippen molar-refractivity contribution in [1.82, 2.24) is 10.6 Å². The Hall–Kier alpha value is -0.610. The number of nitrogens with two attached hydrogens (primary N) is 1. The van der Waals surface area contributed by atoms with Crippen LogP contribution in [0.4, 0.5) is 0 Å². The Morgan fingerprint density at radius 1 is 1.43 bits per heavy atom. The molecule has 0 aromatic rings. The third-order valence-electron chi connectivity index (χ3n) is 2.07. The van der Waals surface area contributed by atoms with Crippen molar-refractivity contribution in [3.8, 4) is 0 Å². The average molecular weight is 201 g/mol. The first kappa shape index (κ1) is 13.4. The summed E-state index contributed by atoms with van der Waals surface area (Å²) >= 11 is 0. The van der Waals surface area contributed by atoms with E-state index in [4.69, 9.17) is 5.73 Å². The summed E-state index contributed by atoms with van der Waals surface area (Å²) in [4.78, 5) is 11.4. The quantitative estimate of drug-likeness (QED) is 0.552. The molecule has 2 atom stereocenters. The summed E-state index contributed by atoms with van der Waals surface area (Å²) < 4.78 is 0. The maximum atomic E-state index is 11.4. The summed E-state index contributed by atoms with van der Waals surface area (Å²) in [5.41, 5.74) is 5.66. The molecule has 0 bridgehead atoms. The van der Waals surface area contributed by atoms with E-state index < -0.39 is 0 Å². The SMILES string of the molecule is CCCC(N)C(=O)NC[C@@H](C)NCC. The molecule has 4 nitrogen and oxygen atoms in total. The fourth-order valence-corrected chi connectivity index (χ4v) is 1.25. The van der Waals surface area contributed by atoms with Gasteiger partial charge in [0, 0.05) is 12.6 Å². The van der Waals surface area contributed by atoms with Crippen LogP contribution in [0.5, 0.6) is 0 Å². The van der Waals surface area contributed by atoms with E-state index in [0.29, 0.717) is 12.6 Å². The molecule has 84 valence electrons. The standard InChI is InChI=1S/C10H23N3O/c1-4-6-9(11)10(14)13-7-8(3)12-5-2/h8-9,12H,4-7,11H2,1-3H3,(H,13,14)/t8-,9?/m1/s1. The minimum absolute atomic E-state index is 0.0448. The van der Waals surface area contributed by atoms with E-state index in [1.807, 2.05) is 20.8 Å². The van der Waals surface area contributed by atoms with Gasteiger partial charge in [0.25, 0.3) is 0 Å². The van der Waals surface area contributed by atoms with E-state index in [0.717, 1.165) is 19.4 Å². The summed E-state index contributed by atoms with van der Waals surface area (Å²) in [5.74, 6) is -0.0448. The van der Waals surface area contributed by atoms with E-state index in [-0.39, 0.29) is 11.9 Å². The molecule has 0 heterocycles. The first-order valence-corrected chi connectivity index (χ1v) is 5.38. The number of hydrogen-bond acceptors (Lipinski definition) is 3. The Bertz CT molecular complexity index is 161. The van der Waals surface area contributed by atoms with Crippen molar-refractivity contribution in [2.75, 3.05) is 13.1 Å². The summed E-state index contributed by atoms with van der Waals surface area (Å²) in [6, 6.07) is -0.0494. The number of likely N-dealkylation sites (N-methyl/N-ethyl adjacent to an activating group) is 1. The highest BCUT2D eigenvalue weighted by Gasteiger charge is 2.12. The number of carbonyl (C=O) groups excluding carboxylic acids is 1. The number of nitrogens with one attached hydrogen (secondary N) is 2. The molecule has 0 aromatic heterocycles. The van der Waals surface area contributed by atoms with Gasteiger partial charge < -0.3 is 16.4 Å². The van der Waals surface area contributed by atoms with Gasteiger partial charge in [0.15, 0.2) is 0 Å².